The van der Waals surface area contributed by atoms with Gasteiger partial charge in [0, 0.05) is 19.6 Å². The predicted molar refractivity (Wildman–Crippen MR) is 75.3 cm³/mol. The van der Waals surface area contributed by atoms with E-state index >= 15 is 0 Å². The van der Waals surface area contributed by atoms with Gasteiger partial charge in [-0.25, -0.2) is 0 Å². The van der Waals surface area contributed by atoms with Gasteiger partial charge < -0.3 is 15.7 Å². The van der Waals surface area contributed by atoms with Gasteiger partial charge in [-0.05, 0) is 19.8 Å². The van der Waals surface area contributed by atoms with Gasteiger partial charge >= 0.3 is 0 Å². The fraction of sp³-hybridized carbons (Fsp3) is 0.929. The minimum atomic E-state index is -0.486. The Labute approximate surface area is 112 Å². The van der Waals surface area contributed by atoms with E-state index in [0.717, 1.165) is 25.8 Å². The number of carbonyl (C=O) groups is 1. The van der Waals surface area contributed by atoms with Crippen molar-refractivity contribution >= 4 is 5.91 Å². The van der Waals surface area contributed by atoms with Crippen molar-refractivity contribution < 1.29 is 9.90 Å². The van der Waals surface area contributed by atoms with Crippen molar-refractivity contribution in [2.45, 2.75) is 52.9 Å². The van der Waals surface area contributed by atoms with Gasteiger partial charge in [0.05, 0.1) is 12.0 Å². The molecular weight excluding hydrogens is 228 g/mol. The molecule has 0 saturated carbocycles. The molecule has 4 nitrogen and oxygen atoms in total. The molecule has 3 N–H and O–H groups in total. The molecule has 0 bridgehead atoms. The standard InChI is InChI=1S/C14H30N2O2/c1-4-6-7-8-9-16(10-11-17)13(18)14(3,5-2)12-15/h17H,4-12,15H2,1-3H3. The maximum Gasteiger partial charge on any atom is 0.229 e. The Hall–Kier alpha value is -0.610. The Morgan fingerprint density at radius 2 is 1.89 bits per heavy atom. The third-order valence-electron chi connectivity index (χ3n) is 3.69. The highest BCUT2D eigenvalue weighted by Gasteiger charge is 2.33. The number of hydrogen-bond donors (Lipinski definition) is 2. The summed E-state index contributed by atoms with van der Waals surface area (Å²) < 4.78 is 0. The first kappa shape index (κ1) is 17.4. The van der Waals surface area contributed by atoms with E-state index in [4.69, 9.17) is 10.8 Å². The molecule has 0 spiro atoms. The minimum Gasteiger partial charge on any atom is -0.395 e. The van der Waals surface area contributed by atoms with E-state index in [2.05, 4.69) is 6.92 Å². The van der Waals surface area contributed by atoms with E-state index in [9.17, 15) is 4.79 Å². The predicted octanol–water partition coefficient (Wildman–Crippen LogP) is 1.76. The summed E-state index contributed by atoms with van der Waals surface area (Å²) in [5.41, 5.74) is 5.23. The molecule has 0 fully saturated rings. The zero-order chi connectivity index (χ0) is 14.0. The van der Waals surface area contributed by atoms with E-state index in [1.54, 1.807) is 4.90 Å². The molecule has 0 radical (unpaired) electrons. The number of nitrogens with two attached hydrogens (primary N) is 1. The van der Waals surface area contributed by atoms with Crippen molar-refractivity contribution in [2.75, 3.05) is 26.2 Å². The smallest absolute Gasteiger partial charge is 0.229 e. The molecule has 18 heavy (non-hydrogen) atoms. The van der Waals surface area contributed by atoms with Gasteiger partial charge in [-0.1, -0.05) is 33.1 Å². The number of amides is 1. The van der Waals surface area contributed by atoms with Crippen LogP contribution in [0.15, 0.2) is 0 Å². The summed E-state index contributed by atoms with van der Waals surface area (Å²) in [4.78, 5) is 14.2. The van der Waals surface area contributed by atoms with Gasteiger partial charge in [-0.2, -0.15) is 0 Å². The molecule has 4 heteroatoms. The van der Waals surface area contributed by atoms with Crippen LogP contribution in [-0.4, -0.2) is 42.2 Å². The lowest BCUT2D eigenvalue weighted by molar-refractivity contribution is -0.141. The quantitative estimate of drug-likeness (QED) is 0.587. The van der Waals surface area contributed by atoms with Gasteiger partial charge in [-0.15, -0.1) is 0 Å². The minimum absolute atomic E-state index is 0.0177. The maximum absolute atomic E-state index is 12.4. The SMILES string of the molecule is CCCCCCN(CCO)C(=O)C(C)(CC)CN. The summed E-state index contributed by atoms with van der Waals surface area (Å²) in [6.45, 7) is 7.59. The van der Waals surface area contributed by atoms with Gasteiger partial charge in [0.25, 0.3) is 0 Å². The summed E-state index contributed by atoms with van der Waals surface area (Å²) in [5, 5.41) is 9.07. The lowest BCUT2D eigenvalue weighted by Gasteiger charge is -2.32. The second-order valence-corrected chi connectivity index (χ2v) is 5.19. The van der Waals surface area contributed by atoms with Gasteiger partial charge in [0.2, 0.25) is 5.91 Å². The molecule has 0 aliphatic carbocycles. The first-order valence-electron chi connectivity index (χ1n) is 7.16. The average Bonchev–Trinajstić information content (AvgIpc) is 2.40. The highest BCUT2D eigenvalue weighted by atomic mass is 16.3. The van der Waals surface area contributed by atoms with Gasteiger partial charge in [0.1, 0.15) is 0 Å². The Kier molecular flexibility index (Phi) is 9.02. The van der Waals surface area contributed by atoms with Gasteiger partial charge in [0.15, 0.2) is 0 Å². The molecule has 0 aromatic rings. The Bertz CT molecular complexity index is 228. The Morgan fingerprint density at radius 1 is 1.22 bits per heavy atom. The second-order valence-electron chi connectivity index (χ2n) is 5.19. The van der Waals surface area contributed by atoms with E-state index < -0.39 is 5.41 Å². The third-order valence-corrected chi connectivity index (χ3v) is 3.69. The number of rotatable bonds is 10. The van der Waals surface area contributed by atoms with Crippen molar-refractivity contribution in [1.82, 2.24) is 4.90 Å². The third kappa shape index (κ3) is 5.36. The van der Waals surface area contributed by atoms with Crippen LogP contribution in [0.4, 0.5) is 0 Å². The molecule has 108 valence electrons. The van der Waals surface area contributed by atoms with Crippen molar-refractivity contribution in [3.8, 4) is 0 Å². The summed E-state index contributed by atoms with van der Waals surface area (Å²) in [7, 11) is 0. The Morgan fingerprint density at radius 3 is 2.33 bits per heavy atom. The van der Waals surface area contributed by atoms with E-state index in [0.29, 0.717) is 13.1 Å². The highest BCUT2D eigenvalue weighted by Crippen LogP contribution is 2.22. The molecule has 1 unspecified atom stereocenters. The van der Waals surface area contributed by atoms with Crippen LogP contribution in [0, 0.1) is 5.41 Å². The molecule has 1 amide bonds. The number of aliphatic hydroxyl groups excluding tert-OH is 1. The molecule has 1 atom stereocenters. The van der Waals surface area contributed by atoms with Crippen molar-refractivity contribution in [3.63, 3.8) is 0 Å². The number of hydrogen-bond acceptors (Lipinski definition) is 3. The van der Waals surface area contributed by atoms with Crippen molar-refractivity contribution in [1.29, 1.82) is 0 Å². The molecule has 0 aromatic heterocycles. The molecule has 0 saturated heterocycles. The first-order valence-corrected chi connectivity index (χ1v) is 7.16. The van der Waals surface area contributed by atoms with Crippen LogP contribution in [0.3, 0.4) is 0 Å². The van der Waals surface area contributed by atoms with Crippen LogP contribution in [-0.2, 0) is 4.79 Å². The summed E-state index contributed by atoms with van der Waals surface area (Å²) in [6, 6.07) is 0. The van der Waals surface area contributed by atoms with Crippen molar-refractivity contribution in [3.05, 3.63) is 0 Å². The van der Waals surface area contributed by atoms with Crippen LogP contribution in [0.2, 0.25) is 0 Å². The van der Waals surface area contributed by atoms with Crippen LogP contribution in [0.5, 0.6) is 0 Å². The molecule has 0 aliphatic heterocycles. The number of carbonyl (C=O) groups excluding carboxylic acids is 1. The van der Waals surface area contributed by atoms with E-state index in [1.165, 1.54) is 12.8 Å². The molecular formula is C14H30N2O2. The van der Waals surface area contributed by atoms with E-state index in [1.807, 2.05) is 13.8 Å². The van der Waals surface area contributed by atoms with Gasteiger partial charge in [-0.3, -0.25) is 4.79 Å². The number of nitrogens with zero attached hydrogens (tertiary/aromatic N) is 1. The van der Waals surface area contributed by atoms with Crippen LogP contribution in [0.25, 0.3) is 0 Å². The fourth-order valence-corrected chi connectivity index (χ4v) is 1.93. The molecule has 0 rings (SSSR count). The number of unbranched alkanes of at least 4 members (excludes halogenated alkanes) is 3. The average molecular weight is 258 g/mol. The van der Waals surface area contributed by atoms with Crippen LogP contribution < -0.4 is 5.73 Å². The van der Waals surface area contributed by atoms with E-state index in [-0.39, 0.29) is 12.5 Å². The second kappa shape index (κ2) is 9.34. The van der Waals surface area contributed by atoms with Crippen LogP contribution >= 0.6 is 0 Å². The highest BCUT2D eigenvalue weighted by molar-refractivity contribution is 5.82. The summed E-state index contributed by atoms with van der Waals surface area (Å²) >= 11 is 0. The summed E-state index contributed by atoms with van der Waals surface area (Å²) in [6.07, 6.45) is 5.26. The summed E-state index contributed by atoms with van der Waals surface area (Å²) in [5.74, 6) is 0.0815. The Balaban J connectivity index is 4.43. The first-order chi connectivity index (χ1) is 8.55. The lowest BCUT2D eigenvalue weighted by Crippen LogP contribution is -2.47. The monoisotopic (exact) mass is 258 g/mol. The topological polar surface area (TPSA) is 66.6 Å². The largest absolute Gasteiger partial charge is 0.395 e. The zero-order valence-corrected chi connectivity index (χ0v) is 12.2. The van der Waals surface area contributed by atoms with Crippen LogP contribution in [0.1, 0.15) is 52.9 Å². The molecule has 0 aromatic carbocycles. The maximum atomic E-state index is 12.4. The zero-order valence-electron chi connectivity index (χ0n) is 12.2. The molecule has 0 heterocycles. The fourth-order valence-electron chi connectivity index (χ4n) is 1.93. The lowest BCUT2D eigenvalue weighted by atomic mass is 9.86. The number of aliphatic hydroxyl groups is 1. The molecule has 0 aliphatic rings. The van der Waals surface area contributed by atoms with Crippen molar-refractivity contribution in [2.24, 2.45) is 11.1 Å². The normalized spacial score (nSPS) is 14.3.